The Kier molecular flexibility index (Phi) is 13.2. The van der Waals surface area contributed by atoms with Crippen LogP contribution in [0.2, 0.25) is 0 Å². The Morgan fingerprint density at radius 2 is 0.811 bits per heavy atom. The number of carboxylic acids is 3. The maximum Gasteiger partial charge on any atom is 0.317 e. The Morgan fingerprint density at radius 3 is 1.14 bits per heavy atom. The molecule has 2 rings (SSSR count). The van der Waals surface area contributed by atoms with E-state index in [9.17, 15) is 39.3 Å². The Bertz CT molecular complexity index is 730. The van der Waals surface area contributed by atoms with Crippen LogP contribution in [0.5, 0.6) is 0 Å². The molecular weight excluding hydrogens is 494 g/mol. The van der Waals surface area contributed by atoms with Crippen molar-refractivity contribution in [2.45, 2.75) is 0 Å². The van der Waals surface area contributed by atoms with Gasteiger partial charge in [0, 0.05) is 52.4 Å². The summed E-state index contributed by atoms with van der Waals surface area (Å²) < 4.78 is 10.5. The predicted molar refractivity (Wildman–Crippen MR) is 127 cm³/mol. The van der Waals surface area contributed by atoms with Crippen LogP contribution in [0.15, 0.2) is 0 Å². The van der Waals surface area contributed by atoms with Crippen molar-refractivity contribution in [2.75, 3.05) is 112 Å². The van der Waals surface area contributed by atoms with E-state index >= 15 is 0 Å². The van der Waals surface area contributed by atoms with Crippen LogP contribution < -0.4 is 0 Å². The molecule has 0 saturated carbocycles. The molecule has 0 radical (unpaired) electrons. The summed E-state index contributed by atoms with van der Waals surface area (Å²) in [4.78, 5) is 66.9. The normalized spacial score (nSPS) is 16.4. The second kappa shape index (κ2) is 16.1. The van der Waals surface area contributed by atoms with Crippen molar-refractivity contribution in [2.24, 2.45) is 0 Å². The lowest BCUT2D eigenvalue weighted by Crippen LogP contribution is -2.50. The van der Waals surface area contributed by atoms with Crippen molar-refractivity contribution in [3.05, 3.63) is 0 Å². The number of hydrogen-bond donors (Lipinski definition) is 3. The summed E-state index contributed by atoms with van der Waals surface area (Å²) in [6, 6.07) is 0. The minimum atomic E-state index is -1.12. The topological polar surface area (TPSA) is 181 Å². The van der Waals surface area contributed by atoms with Crippen LogP contribution in [0, 0.1) is 0 Å². The molecule has 0 atom stereocenters. The highest BCUT2D eigenvalue weighted by Gasteiger charge is 2.24. The zero-order valence-electron chi connectivity index (χ0n) is 21.0. The van der Waals surface area contributed by atoms with Gasteiger partial charge in [0.2, 0.25) is 11.8 Å². The summed E-state index contributed by atoms with van der Waals surface area (Å²) in [5.41, 5.74) is 0. The third-order valence-electron chi connectivity index (χ3n) is 5.99. The monoisotopic (exact) mass is 531 g/mol. The van der Waals surface area contributed by atoms with Gasteiger partial charge in [0.15, 0.2) is 0 Å². The van der Waals surface area contributed by atoms with E-state index < -0.39 is 31.0 Å². The molecule has 15 heteroatoms. The molecule has 0 aromatic heterocycles. The van der Waals surface area contributed by atoms with E-state index in [0.29, 0.717) is 52.6 Å². The van der Waals surface area contributed by atoms with Crippen LogP contribution >= 0.6 is 0 Å². The van der Waals surface area contributed by atoms with Gasteiger partial charge in [-0.25, -0.2) is 0 Å². The first-order valence-corrected chi connectivity index (χ1v) is 12.2. The summed E-state index contributed by atoms with van der Waals surface area (Å²) in [5.74, 6) is -3.81. The van der Waals surface area contributed by atoms with E-state index in [4.69, 9.17) is 9.47 Å². The van der Waals surface area contributed by atoms with Gasteiger partial charge in [-0.1, -0.05) is 0 Å². The van der Waals surface area contributed by atoms with Gasteiger partial charge in [-0.3, -0.25) is 38.7 Å². The highest BCUT2D eigenvalue weighted by atomic mass is 16.5. The zero-order chi connectivity index (χ0) is 27.2. The van der Waals surface area contributed by atoms with E-state index in [2.05, 4.69) is 0 Å². The quantitative estimate of drug-likeness (QED) is 0.182. The molecule has 2 saturated heterocycles. The lowest BCUT2D eigenvalue weighted by molar-refractivity contribution is -0.142. The van der Waals surface area contributed by atoms with Crippen molar-refractivity contribution in [1.82, 2.24) is 24.5 Å². The summed E-state index contributed by atoms with van der Waals surface area (Å²) >= 11 is 0. The first-order chi connectivity index (χ1) is 17.6. The molecule has 3 N–H and O–H groups in total. The minimum Gasteiger partial charge on any atom is -0.480 e. The number of hydrogen-bond acceptors (Lipinski definition) is 10. The molecule has 0 unspecified atom stereocenters. The molecule has 0 spiro atoms. The maximum atomic E-state index is 12.6. The van der Waals surface area contributed by atoms with Crippen molar-refractivity contribution in [3.8, 4) is 0 Å². The number of ether oxygens (including phenoxy) is 2. The molecule has 37 heavy (non-hydrogen) atoms. The molecule has 0 bridgehead atoms. The molecular formula is C22H37N5O10. The lowest BCUT2D eigenvalue weighted by atomic mass is 10.3. The smallest absolute Gasteiger partial charge is 0.317 e. The Balaban J connectivity index is 1.95. The fraction of sp³-hybridized carbons (Fsp3) is 0.773. The fourth-order valence-electron chi connectivity index (χ4n) is 4.05. The van der Waals surface area contributed by atoms with Gasteiger partial charge in [-0.05, 0) is 0 Å². The Morgan fingerprint density at radius 1 is 0.514 bits per heavy atom. The van der Waals surface area contributed by atoms with E-state index in [0.717, 1.165) is 0 Å². The number of amides is 2. The molecule has 210 valence electrons. The average molecular weight is 532 g/mol. The van der Waals surface area contributed by atoms with E-state index in [1.807, 2.05) is 0 Å². The van der Waals surface area contributed by atoms with Gasteiger partial charge < -0.3 is 34.6 Å². The van der Waals surface area contributed by atoms with E-state index in [1.165, 1.54) is 14.7 Å². The molecule has 0 aromatic carbocycles. The van der Waals surface area contributed by atoms with Crippen molar-refractivity contribution in [3.63, 3.8) is 0 Å². The van der Waals surface area contributed by atoms with Crippen LogP contribution in [0.25, 0.3) is 0 Å². The number of nitrogens with zero attached hydrogens (tertiary/aromatic N) is 5. The van der Waals surface area contributed by atoms with Crippen molar-refractivity contribution < 1.29 is 48.8 Å². The van der Waals surface area contributed by atoms with Gasteiger partial charge in [-0.2, -0.15) is 0 Å². The second-order valence-corrected chi connectivity index (χ2v) is 8.86. The number of aliphatic carboxylic acids is 3. The molecule has 2 heterocycles. The maximum absolute atomic E-state index is 12.6. The van der Waals surface area contributed by atoms with Gasteiger partial charge in [-0.15, -0.1) is 0 Å². The average Bonchev–Trinajstić information content (AvgIpc) is 2.85. The molecule has 2 aliphatic heterocycles. The Labute approximate surface area is 215 Å². The van der Waals surface area contributed by atoms with Crippen LogP contribution in [0.4, 0.5) is 0 Å². The predicted octanol–water partition coefficient (Wildman–Crippen LogP) is -3.14. The van der Waals surface area contributed by atoms with Gasteiger partial charge in [0.1, 0.15) is 0 Å². The standard InChI is InChI=1S/C22H37N5O10/c28-18(26-5-9-36-10-6-26)13-24(16-21(32)33)3-1-23(15-20(30)31)2-4-25(17-22(34)35)14-19(29)27-7-11-37-12-8-27/h1-17H2,(H,30,31)(H,32,33)(H,34,35). The fourth-order valence-corrected chi connectivity index (χ4v) is 4.05. The molecule has 2 fully saturated rings. The van der Waals surface area contributed by atoms with Crippen LogP contribution in [-0.2, 0) is 33.4 Å². The van der Waals surface area contributed by atoms with Crippen molar-refractivity contribution >= 4 is 29.7 Å². The summed E-state index contributed by atoms with van der Waals surface area (Å²) in [6.07, 6.45) is 0. The molecule has 0 aliphatic carbocycles. The zero-order valence-corrected chi connectivity index (χ0v) is 21.0. The third kappa shape index (κ3) is 12.3. The van der Waals surface area contributed by atoms with E-state index in [-0.39, 0.29) is 57.6 Å². The highest BCUT2D eigenvalue weighted by molar-refractivity contribution is 5.80. The lowest BCUT2D eigenvalue weighted by Gasteiger charge is -2.31. The summed E-state index contributed by atoms with van der Waals surface area (Å²) in [7, 11) is 0. The molecule has 2 amide bonds. The van der Waals surface area contributed by atoms with Gasteiger partial charge >= 0.3 is 17.9 Å². The van der Waals surface area contributed by atoms with Gasteiger partial charge in [0.05, 0.1) is 59.2 Å². The number of carboxylic acid groups (broad SMARTS) is 3. The highest BCUT2D eigenvalue weighted by Crippen LogP contribution is 2.03. The first kappa shape index (κ1) is 30.4. The first-order valence-electron chi connectivity index (χ1n) is 12.2. The number of carbonyl (C=O) groups is 5. The van der Waals surface area contributed by atoms with Gasteiger partial charge in [0.25, 0.3) is 0 Å². The van der Waals surface area contributed by atoms with Crippen LogP contribution in [-0.4, -0.2) is 181 Å². The molecule has 15 nitrogen and oxygen atoms in total. The number of morpholine rings is 2. The largest absolute Gasteiger partial charge is 0.480 e. The molecule has 2 aliphatic rings. The number of carbonyl (C=O) groups excluding carboxylic acids is 2. The van der Waals surface area contributed by atoms with Crippen LogP contribution in [0.3, 0.4) is 0 Å². The molecule has 0 aromatic rings. The minimum absolute atomic E-state index is 0.112. The number of rotatable bonds is 16. The third-order valence-corrected chi connectivity index (χ3v) is 5.99. The second-order valence-electron chi connectivity index (χ2n) is 8.86. The SMILES string of the molecule is O=C(O)CN(CCN(CC(=O)O)CC(=O)N1CCOCC1)CCN(CC(=O)O)CC(=O)N1CCOCC1. The van der Waals surface area contributed by atoms with E-state index in [1.54, 1.807) is 9.80 Å². The van der Waals surface area contributed by atoms with Crippen molar-refractivity contribution in [1.29, 1.82) is 0 Å². The Hall–Kier alpha value is -2.85. The summed E-state index contributed by atoms with van der Waals surface area (Å²) in [5, 5.41) is 27.9. The van der Waals surface area contributed by atoms with Crippen LogP contribution in [0.1, 0.15) is 0 Å². The summed E-state index contributed by atoms with van der Waals surface area (Å²) in [6.45, 7) is 2.43.